The van der Waals surface area contributed by atoms with Gasteiger partial charge in [-0.05, 0) is 63.1 Å². The van der Waals surface area contributed by atoms with Gasteiger partial charge in [-0.15, -0.1) is 0 Å². The Morgan fingerprint density at radius 3 is 2.79 bits per heavy atom. The number of ether oxygens (including phenoxy) is 2. The van der Waals surface area contributed by atoms with Crippen molar-refractivity contribution in [1.82, 2.24) is 14.9 Å². The minimum Gasteiger partial charge on any atom is -0.462 e. The molecule has 0 radical (unpaired) electrons. The molecule has 1 N–H and O–H groups in total. The van der Waals surface area contributed by atoms with Crippen LogP contribution in [0.1, 0.15) is 31.9 Å². The van der Waals surface area contributed by atoms with Crippen molar-refractivity contribution in [2.75, 3.05) is 6.61 Å². The molecular formula is C22H24FN3O3. The number of halogens is 1. The van der Waals surface area contributed by atoms with Gasteiger partial charge in [0.1, 0.15) is 23.6 Å². The molecule has 0 bridgehead atoms. The monoisotopic (exact) mass is 397 g/mol. The molecule has 1 atom stereocenters. The molecule has 0 aliphatic carbocycles. The predicted octanol–water partition coefficient (Wildman–Crippen LogP) is 4.30. The molecular weight excluding hydrogens is 373 g/mol. The summed E-state index contributed by atoms with van der Waals surface area (Å²) < 4.78 is 27.3. The van der Waals surface area contributed by atoms with Gasteiger partial charge < -0.3 is 14.8 Å². The first-order valence-electron chi connectivity index (χ1n) is 9.52. The SMILES string of the molecule is Cc1ccc2c(c1)nc1n2CC(NC(=O)OC(C)(C)C)(c2cccc(F)c2)CO1. The Balaban J connectivity index is 1.78. The summed E-state index contributed by atoms with van der Waals surface area (Å²) in [6.07, 6.45) is -0.589. The Kier molecular flexibility index (Phi) is 4.48. The minimum absolute atomic E-state index is 0.109. The Morgan fingerprint density at radius 2 is 2.07 bits per heavy atom. The number of benzene rings is 2. The maximum absolute atomic E-state index is 14.0. The molecule has 1 amide bonds. The van der Waals surface area contributed by atoms with Gasteiger partial charge in [0.05, 0.1) is 17.6 Å². The Labute approximate surface area is 168 Å². The molecule has 1 unspecified atom stereocenters. The van der Waals surface area contributed by atoms with E-state index >= 15 is 0 Å². The molecule has 1 aromatic heterocycles. The van der Waals surface area contributed by atoms with Crippen molar-refractivity contribution < 1.29 is 18.7 Å². The lowest BCUT2D eigenvalue weighted by Crippen LogP contribution is -2.55. The number of hydrogen-bond acceptors (Lipinski definition) is 4. The van der Waals surface area contributed by atoms with E-state index in [4.69, 9.17) is 9.47 Å². The third-order valence-corrected chi connectivity index (χ3v) is 4.86. The number of nitrogens with zero attached hydrogens (tertiary/aromatic N) is 2. The van der Waals surface area contributed by atoms with Crippen molar-refractivity contribution in [1.29, 1.82) is 0 Å². The topological polar surface area (TPSA) is 65.4 Å². The van der Waals surface area contributed by atoms with Crippen LogP contribution in [-0.4, -0.2) is 27.9 Å². The van der Waals surface area contributed by atoms with Gasteiger partial charge >= 0.3 is 6.09 Å². The summed E-state index contributed by atoms with van der Waals surface area (Å²) in [5.41, 5.74) is 1.73. The fourth-order valence-corrected chi connectivity index (χ4v) is 3.59. The third kappa shape index (κ3) is 3.77. The molecule has 0 fully saturated rings. The average Bonchev–Trinajstić information content (AvgIpc) is 2.96. The highest BCUT2D eigenvalue weighted by Crippen LogP contribution is 2.35. The second-order valence-electron chi connectivity index (χ2n) is 8.48. The van der Waals surface area contributed by atoms with E-state index in [1.165, 1.54) is 12.1 Å². The predicted molar refractivity (Wildman–Crippen MR) is 107 cm³/mol. The van der Waals surface area contributed by atoms with Crippen LogP contribution in [0.4, 0.5) is 9.18 Å². The van der Waals surface area contributed by atoms with Crippen molar-refractivity contribution in [2.24, 2.45) is 0 Å². The summed E-state index contributed by atoms with van der Waals surface area (Å²) in [6, 6.07) is 12.6. The fourth-order valence-electron chi connectivity index (χ4n) is 3.59. The molecule has 0 saturated carbocycles. The summed E-state index contributed by atoms with van der Waals surface area (Å²) >= 11 is 0. The first kappa shape index (κ1) is 19.2. The number of imidazole rings is 1. The van der Waals surface area contributed by atoms with Crippen LogP contribution in [0.2, 0.25) is 0 Å². The molecule has 29 heavy (non-hydrogen) atoms. The highest BCUT2D eigenvalue weighted by atomic mass is 19.1. The van der Waals surface area contributed by atoms with Gasteiger partial charge in [0.15, 0.2) is 0 Å². The van der Waals surface area contributed by atoms with E-state index in [9.17, 15) is 9.18 Å². The van der Waals surface area contributed by atoms with E-state index in [0.717, 1.165) is 16.6 Å². The Bertz CT molecular complexity index is 1090. The van der Waals surface area contributed by atoms with Crippen LogP contribution in [0.25, 0.3) is 11.0 Å². The molecule has 1 aliphatic rings. The maximum atomic E-state index is 14.0. The second-order valence-corrected chi connectivity index (χ2v) is 8.48. The van der Waals surface area contributed by atoms with Crippen LogP contribution in [0.3, 0.4) is 0 Å². The zero-order chi connectivity index (χ0) is 20.8. The summed E-state index contributed by atoms with van der Waals surface area (Å²) in [5.74, 6) is -0.384. The Hall–Kier alpha value is -3.09. The molecule has 2 aromatic carbocycles. The quantitative estimate of drug-likeness (QED) is 0.700. The Morgan fingerprint density at radius 1 is 1.28 bits per heavy atom. The minimum atomic E-state index is -1.00. The first-order valence-corrected chi connectivity index (χ1v) is 9.52. The van der Waals surface area contributed by atoms with Crippen LogP contribution in [-0.2, 0) is 16.8 Å². The van der Waals surface area contributed by atoms with Gasteiger partial charge in [-0.1, -0.05) is 18.2 Å². The molecule has 7 heteroatoms. The smallest absolute Gasteiger partial charge is 0.408 e. The molecule has 1 aliphatic heterocycles. The van der Waals surface area contributed by atoms with Crippen molar-refractivity contribution >= 4 is 17.1 Å². The van der Waals surface area contributed by atoms with E-state index in [-0.39, 0.29) is 12.4 Å². The van der Waals surface area contributed by atoms with Gasteiger partial charge in [0.2, 0.25) is 0 Å². The summed E-state index contributed by atoms with van der Waals surface area (Å²) in [6.45, 7) is 7.83. The lowest BCUT2D eigenvalue weighted by atomic mass is 9.89. The summed E-state index contributed by atoms with van der Waals surface area (Å²) in [4.78, 5) is 17.2. The molecule has 4 rings (SSSR count). The number of aromatic nitrogens is 2. The third-order valence-electron chi connectivity index (χ3n) is 4.86. The highest BCUT2D eigenvalue weighted by Gasteiger charge is 2.42. The van der Waals surface area contributed by atoms with Crippen molar-refractivity contribution in [2.45, 2.75) is 45.4 Å². The summed E-state index contributed by atoms with van der Waals surface area (Å²) in [7, 11) is 0. The van der Waals surface area contributed by atoms with Crippen LogP contribution in [0.15, 0.2) is 42.5 Å². The normalized spacial score (nSPS) is 18.8. The number of carbonyl (C=O) groups is 1. The van der Waals surface area contributed by atoms with E-state index in [0.29, 0.717) is 18.1 Å². The van der Waals surface area contributed by atoms with Gasteiger partial charge in [0.25, 0.3) is 6.01 Å². The van der Waals surface area contributed by atoms with Crippen molar-refractivity contribution in [3.05, 3.63) is 59.4 Å². The summed E-state index contributed by atoms with van der Waals surface area (Å²) in [5, 5.41) is 2.94. The van der Waals surface area contributed by atoms with E-state index in [1.807, 2.05) is 29.7 Å². The van der Waals surface area contributed by atoms with Gasteiger partial charge in [0, 0.05) is 0 Å². The molecule has 3 aromatic rings. The number of amides is 1. The zero-order valence-electron chi connectivity index (χ0n) is 17.0. The molecule has 152 valence electrons. The van der Waals surface area contributed by atoms with Crippen molar-refractivity contribution in [3.63, 3.8) is 0 Å². The van der Waals surface area contributed by atoms with Crippen LogP contribution < -0.4 is 10.1 Å². The fraction of sp³-hybridized carbons (Fsp3) is 0.364. The van der Waals surface area contributed by atoms with Gasteiger partial charge in [-0.2, -0.15) is 4.98 Å². The van der Waals surface area contributed by atoms with E-state index in [2.05, 4.69) is 10.3 Å². The van der Waals surface area contributed by atoms with Crippen LogP contribution in [0.5, 0.6) is 6.01 Å². The van der Waals surface area contributed by atoms with E-state index in [1.54, 1.807) is 32.9 Å². The average molecular weight is 397 g/mol. The molecule has 0 spiro atoms. The van der Waals surface area contributed by atoms with Crippen LogP contribution in [0, 0.1) is 12.7 Å². The number of fused-ring (bicyclic) bond motifs is 3. The number of nitrogens with one attached hydrogen (secondary N) is 1. The van der Waals surface area contributed by atoms with Gasteiger partial charge in [-0.3, -0.25) is 4.57 Å². The lowest BCUT2D eigenvalue weighted by Gasteiger charge is -2.39. The van der Waals surface area contributed by atoms with Crippen LogP contribution >= 0.6 is 0 Å². The standard InChI is InChI=1S/C22H24FN3O3/c1-14-8-9-18-17(10-14)24-19-26(18)12-22(13-28-19,15-6-5-7-16(23)11-15)25-20(27)29-21(2,3)4/h5-11H,12-13H2,1-4H3,(H,25,27). The van der Waals surface area contributed by atoms with E-state index < -0.39 is 17.2 Å². The van der Waals surface area contributed by atoms with Crippen molar-refractivity contribution in [3.8, 4) is 6.01 Å². The highest BCUT2D eigenvalue weighted by molar-refractivity contribution is 5.78. The maximum Gasteiger partial charge on any atom is 0.408 e. The molecule has 2 heterocycles. The largest absolute Gasteiger partial charge is 0.462 e. The first-order chi connectivity index (χ1) is 13.7. The second kappa shape index (κ2) is 6.76. The number of alkyl carbamates (subject to hydrolysis) is 1. The number of hydrogen-bond donors (Lipinski definition) is 1. The molecule has 6 nitrogen and oxygen atoms in total. The number of aryl methyl sites for hydroxylation is 1. The van der Waals surface area contributed by atoms with Gasteiger partial charge in [-0.25, -0.2) is 9.18 Å². The lowest BCUT2D eigenvalue weighted by molar-refractivity contribution is 0.0328. The zero-order valence-corrected chi connectivity index (χ0v) is 17.0. The number of rotatable bonds is 2. The molecule has 0 saturated heterocycles. The number of carbonyl (C=O) groups excluding carboxylic acids is 1.